The average Bonchev–Trinajstić information content (AvgIpc) is 2.91. The molecule has 2 aromatic rings. The van der Waals surface area contributed by atoms with E-state index in [1.165, 1.54) is 23.5 Å². The lowest BCUT2D eigenvalue weighted by Gasteiger charge is -2.16. The van der Waals surface area contributed by atoms with Crippen LogP contribution in [0.15, 0.2) is 24.3 Å². The van der Waals surface area contributed by atoms with Gasteiger partial charge in [0.15, 0.2) is 0 Å². The number of amides is 2. The monoisotopic (exact) mass is 326 g/mol. The van der Waals surface area contributed by atoms with Crippen LogP contribution in [0.2, 0.25) is 0 Å². The predicted molar refractivity (Wildman–Crippen MR) is 84.5 cm³/mol. The lowest BCUT2D eigenvalue weighted by molar-refractivity contribution is 0.159. The molecule has 0 spiro atoms. The van der Waals surface area contributed by atoms with Crippen molar-refractivity contribution in [2.45, 2.75) is 19.0 Å². The van der Waals surface area contributed by atoms with Crippen LogP contribution in [0.25, 0.3) is 10.1 Å². The minimum atomic E-state index is -0.348. The van der Waals surface area contributed by atoms with Gasteiger partial charge in [0.1, 0.15) is 5.82 Å². The molecule has 1 atom stereocenters. The second-order valence-electron chi connectivity index (χ2n) is 4.88. The molecule has 1 aromatic carbocycles. The largest absolute Gasteiger partial charge is 0.394 e. The number of rotatable bonds is 7. The van der Waals surface area contributed by atoms with Gasteiger partial charge in [-0.2, -0.15) is 0 Å². The van der Waals surface area contributed by atoms with E-state index in [2.05, 4.69) is 10.6 Å². The highest BCUT2D eigenvalue weighted by molar-refractivity contribution is 7.19. The molecule has 7 heteroatoms. The highest BCUT2D eigenvalue weighted by Crippen LogP contribution is 2.26. The van der Waals surface area contributed by atoms with Crippen LogP contribution in [0.1, 0.15) is 11.3 Å². The molecule has 22 heavy (non-hydrogen) atoms. The number of aliphatic hydroxyl groups excluding tert-OH is 1. The van der Waals surface area contributed by atoms with Gasteiger partial charge in [0, 0.05) is 23.3 Å². The number of methoxy groups -OCH3 is 1. The summed E-state index contributed by atoms with van der Waals surface area (Å²) in [7, 11) is 1.57. The van der Waals surface area contributed by atoms with E-state index < -0.39 is 0 Å². The molecule has 0 aliphatic rings. The molecule has 0 bridgehead atoms. The van der Waals surface area contributed by atoms with Crippen molar-refractivity contribution in [2.24, 2.45) is 0 Å². The van der Waals surface area contributed by atoms with Crippen molar-refractivity contribution in [1.82, 2.24) is 10.6 Å². The van der Waals surface area contributed by atoms with Gasteiger partial charge in [0.2, 0.25) is 0 Å². The Hall–Kier alpha value is -1.70. The fourth-order valence-corrected chi connectivity index (χ4v) is 3.01. The molecular formula is C15H19FN2O3S. The van der Waals surface area contributed by atoms with E-state index in [1.54, 1.807) is 13.2 Å². The summed E-state index contributed by atoms with van der Waals surface area (Å²) in [6.45, 7) is 0.682. The second kappa shape index (κ2) is 8.07. The van der Waals surface area contributed by atoms with Gasteiger partial charge in [-0.25, -0.2) is 9.18 Å². The summed E-state index contributed by atoms with van der Waals surface area (Å²) in [4.78, 5) is 12.7. The third-order valence-corrected chi connectivity index (χ3v) is 4.29. The second-order valence-corrected chi connectivity index (χ2v) is 6.05. The average molecular weight is 326 g/mol. The van der Waals surface area contributed by atoms with Crippen molar-refractivity contribution in [3.8, 4) is 0 Å². The Morgan fingerprint density at radius 2 is 2.27 bits per heavy atom. The van der Waals surface area contributed by atoms with Crippen LogP contribution < -0.4 is 10.6 Å². The molecule has 0 aliphatic heterocycles. The topological polar surface area (TPSA) is 70.6 Å². The van der Waals surface area contributed by atoms with Gasteiger partial charge in [-0.1, -0.05) is 0 Å². The number of ether oxygens (including phenoxy) is 1. The van der Waals surface area contributed by atoms with Crippen LogP contribution in [0.3, 0.4) is 0 Å². The number of aliphatic hydroxyl groups is 1. The van der Waals surface area contributed by atoms with E-state index in [1.807, 2.05) is 6.07 Å². The maximum Gasteiger partial charge on any atom is 0.315 e. The summed E-state index contributed by atoms with van der Waals surface area (Å²) in [5.41, 5.74) is 0. The number of thiophene rings is 1. The Kier molecular flexibility index (Phi) is 6.11. The minimum Gasteiger partial charge on any atom is -0.394 e. The summed E-state index contributed by atoms with van der Waals surface area (Å²) >= 11 is 1.51. The fraction of sp³-hybridized carbons (Fsp3) is 0.400. The molecule has 5 nitrogen and oxygen atoms in total. The van der Waals surface area contributed by atoms with Crippen LogP contribution in [0.5, 0.6) is 0 Å². The smallest absolute Gasteiger partial charge is 0.315 e. The number of nitrogens with one attached hydrogen (secondary N) is 2. The fourth-order valence-electron chi connectivity index (χ4n) is 2.03. The summed E-state index contributed by atoms with van der Waals surface area (Å²) in [6.07, 6.45) is 0.544. The Balaban J connectivity index is 1.86. The lowest BCUT2D eigenvalue weighted by atomic mass is 10.2. The third-order valence-electron chi connectivity index (χ3n) is 3.18. The molecule has 0 aliphatic carbocycles. The summed E-state index contributed by atoms with van der Waals surface area (Å²) in [6, 6.07) is 5.80. The van der Waals surface area contributed by atoms with E-state index in [4.69, 9.17) is 4.74 Å². The quantitative estimate of drug-likeness (QED) is 0.731. The molecule has 1 aromatic heterocycles. The summed E-state index contributed by atoms with van der Waals surface area (Å²) < 4.78 is 19.0. The molecule has 2 amide bonds. The first kappa shape index (κ1) is 16.7. The SMILES string of the molecule is COCCC(CO)NC(=O)NCc1cc2cc(F)ccc2s1. The van der Waals surface area contributed by atoms with Gasteiger partial charge in [-0.3, -0.25) is 0 Å². The lowest BCUT2D eigenvalue weighted by Crippen LogP contribution is -2.43. The normalized spacial score (nSPS) is 12.3. The Bertz CT molecular complexity index is 632. The van der Waals surface area contributed by atoms with Gasteiger partial charge in [0.25, 0.3) is 0 Å². The number of hydrogen-bond donors (Lipinski definition) is 3. The van der Waals surface area contributed by atoms with Crippen LogP contribution >= 0.6 is 11.3 Å². The molecule has 0 saturated heterocycles. The third kappa shape index (κ3) is 4.66. The minimum absolute atomic E-state index is 0.140. The van der Waals surface area contributed by atoms with E-state index >= 15 is 0 Å². The van der Waals surface area contributed by atoms with Crippen molar-refractivity contribution in [1.29, 1.82) is 0 Å². The maximum absolute atomic E-state index is 13.1. The van der Waals surface area contributed by atoms with Gasteiger partial charge in [0.05, 0.1) is 19.2 Å². The van der Waals surface area contributed by atoms with E-state index in [0.29, 0.717) is 19.6 Å². The summed E-state index contributed by atoms with van der Waals surface area (Å²) in [5, 5.41) is 15.4. The molecule has 0 saturated carbocycles. The number of urea groups is 1. The Morgan fingerprint density at radius 1 is 1.45 bits per heavy atom. The van der Waals surface area contributed by atoms with Crippen LogP contribution in [-0.2, 0) is 11.3 Å². The number of hydrogen-bond acceptors (Lipinski definition) is 4. The molecule has 2 rings (SSSR count). The number of halogens is 1. The zero-order chi connectivity index (χ0) is 15.9. The first-order valence-corrected chi connectivity index (χ1v) is 7.76. The van der Waals surface area contributed by atoms with Crippen molar-refractivity contribution < 1.29 is 19.0 Å². The Morgan fingerprint density at radius 3 is 3.00 bits per heavy atom. The molecule has 1 unspecified atom stereocenters. The van der Waals surface area contributed by atoms with Crippen molar-refractivity contribution in [3.05, 3.63) is 35.0 Å². The first-order chi connectivity index (χ1) is 10.6. The summed E-state index contributed by atoms with van der Waals surface area (Å²) in [5.74, 6) is -0.272. The zero-order valence-corrected chi connectivity index (χ0v) is 13.1. The molecule has 1 heterocycles. The van der Waals surface area contributed by atoms with Gasteiger partial charge < -0.3 is 20.5 Å². The van der Waals surface area contributed by atoms with Gasteiger partial charge in [-0.05, 0) is 36.1 Å². The van der Waals surface area contributed by atoms with Crippen LogP contribution in [-0.4, -0.2) is 37.5 Å². The highest BCUT2D eigenvalue weighted by Gasteiger charge is 2.11. The standard InChI is InChI=1S/C15H19FN2O3S/c1-21-5-4-12(9-19)18-15(20)17-8-13-7-10-6-11(16)2-3-14(10)22-13/h2-3,6-7,12,19H,4-5,8-9H2,1H3,(H2,17,18,20). The predicted octanol–water partition coefficient (Wildman–Crippen LogP) is 2.24. The van der Waals surface area contributed by atoms with Crippen LogP contribution in [0.4, 0.5) is 9.18 Å². The first-order valence-electron chi connectivity index (χ1n) is 6.94. The van der Waals surface area contributed by atoms with Gasteiger partial charge >= 0.3 is 6.03 Å². The molecule has 120 valence electrons. The zero-order valence-electron chi connectivity index (χ0n) is 12.3. The maximum atomic E-state index is 13.1. The van der Waals surface area contributed by atoms with Crippen molar-refractivity contribution in [2.75, 3.05) is 20.3 Å². The van der Waals surface area contributed by atoms with E-state index in [0.717, 1.165) is 15.0 Å². The number of benzene rings is 1. The molecule has 0 radical (unpaired) electrons. The Labute approximate surface area is 132 Å². The number of carbonyl (C=O) groups is 1. The van der Waals surface area contributed by atoms with Crippen molar-refractivity contribution >= 4 is 27.5 Å². The highest BCUT2D eigenvalue weighted by atomic mass is 32.1. The number of carbonyl (C=O) groups excluding carboxylic acids is 1. The van der Waals surface area contributed by atoms with E-state index in [9.17, 15) is 14.3 Å². The number of fused-ring (bicyclic) bond motifs is 1. The van der Waals surface area contributed by atoms with Crippen molar-refractivity contribution in [3.63, 3.8) is 0 Å². The molecule has 0 fully saturated rings. The van der Waals surface area contributed by atoms with Gasteiger partial charge in [-0.15, -0.1) is 11.3 Å². The molecule has 3 N–H and O–H groups in total. The van der Waals surface area contributed by atoms with Crippen LogP contribution in [0, 0.1) is 5.82 Å². The van der Waals surface area contributed by atoms with E-state index in [-0.39, 0.29) is 24.5 Å². The molecular weight excluding hydrogens is 307 g/mol.